The summed E-state index contributed by atoms with van der Waals surface area (Å²) in [4.78, 5) is 40.4. The standard InChI is InChI=1S/C27H25N5O3S3/c1-3-23(26(35)30-27-32-31-17(2)37-27)38-21-12-7-11-19(15-21)28-25(34)22(16-20-13-8-14-36-20)29-24(33)18-9-5-4-6-10-18/h4-16,23H,3H2,1-2H3,(H,28,34)(H,29,33)(H,30,32,35)/b22-16-. The number of nitrogens with one attached hydrogen (secondary N) is 3. The molecular weight excluding hydrogens is 539 g/mol. The van der Waals surface area contributed by atoms with Crippen LogP contribution in [0.2, 0.25) is 0 Å². The number of hydrogen-bond donors (Lipinski definition) is 3. The van der Waals surface area contributed by atoms with Crippen molar-refractivity contribution in [1.29, 1.82) is 0 Å². The summed E-state index contributed by atoms with van der Waals surface area (Å²) in [5, 5.41) is 19.1. The van der Waals surface area contributed by atoms with Gasteiger partial charge in [0.15, 0.2) is 0 Å². The van der Waals surface area contributed by atoms with Crippen molar-refractivity contribution in [2.24, 2.45) is 0 Å². The highest BCUT2D eigenvalue weighted by atomic mass is 32.2. The number of thioether (sulfide) groups is 1. The summed E-state index contributed by atoms with van der Waals surface area (Å²) in [6.45, 7) is 3.76. The molecule has 0 radical (unpaired) electrons. The molecule has 2 aromatic carbocycles. The van der Waals surface area contributed by atoms with Crippen LogP contribution in [0.3, 0.4) is 0 Å². The first-order chi connectivity index (χ1) is 18.4. The molecule has 0 saturated carbocycles. The maximum atomic E-state index is 13.2. The number of thiophene rings is 1. The Hall–Kier alpha value is -3.80. The van der Waals surface area contributed by atoms with Crippen LogP contribution in [-0.2, 0) is 9.59 Å². The lowest BCUT2D eigenvalue weighted by atomic mass is 10.2. The van der Waals surface area contributed by atoms with E-state index in [0.29, 0.717) is 22.8 Å². The minimum Gasteiger partial charge on any atom is -0.321 e. The molecule has 0 aliphatic heterocycles. The van der Waals surface area contributed by atoms with Crippen molar-refractivity contribution in [3.05, 3.63) is 93.3 Å². The second-order valence-electron chi connectivity index (χ2n) is 8.01. The molecular formula is C27H25N5O3S3. The quantitative estimate of drug-likeness (QED) is 0.165. The molecule has 11 heteroatoms. The average Bonchev–Trinajstić information content (AvgIpc) is 3.59. The molecule has 2 aromatic heterocycles. The summed E-state index contributed by atoms with van der Waals surface area (Å²) in [6.07, 6.45) is 2.25. The summed E-state index contributed by atoms with van der Waals surface area (Å²) >= 11 is 4.17. The van der Waals surface area contributed by atoms with Gasteiger partial charge in [-0.25, -0.2) is 0 Å². The van der Waals surface area contributed by atoms with Crippen molar-refractivity contribution in [3.8, 4) is 0 Å². The Morgan fingerprint density at radius 1 is 1.00 bits per heavy atom. The topological polar surface area (TPSA) is 113 Å². The molecule has 0 fully saturated rings. The zero-order chi connectivity index (χ0) is 26.9. The average molecular weight is 564 g/mol. The molecule has 0 saturated heterocycles. The van der Waals surface area contributed by atoms with Gasteiger partial charge in [-0.2, -0.15) is 0 Å². The van der Waals surface area contributed by atoms with E-state index in [4.69, 9.17) is 0 Å². The monoisotopic (exact) mass is 563 g/mol. The van der Waals surface area contributed by atoms with E-state index in [1.54, 1.807) is 42.5 Å². The van der Waals surface area contributed by atoms with E-state index in [0.717, 1.165) is 14.8 Å². The molecule has 38 heavy (non-hydrogen) atoms. The molecule has 3 N–H and O–H groups in total. The number of carbonyl (C=O) groups excluding carboxylic acids is 3. The number of benzene rings is 2. The summed E-state index contributed by atoms with van der Waals surface area (Å²) in [5.74, 6) is -0.996. The molecule has 8 nitrogen and oxygen atoms in total. The highest BCUT2D eigenvalue weighted by Crippen LogP contribution is 2.29. The van der Waals surface area contributed by atoms with Crippen LogP contribution in [0.5, 0.6) is 0 Å². The van der Waals surface area contributed by atoms with Gasteiger partial charge in [-0.15, -0.1) is 33.3 Å². The van der Waals surface area contributed by atoms with Crippen LogP contribution in [0.15, 0.2) is 82.7 Å². The van der Waals surface area contributed by atoms with E-state index in [1.165, 1.54) is 34.4 Å². The Labute approximate surface area is 232 Å². The number of nitrogens with zero attached hydrogens (tertiary/aromatic N) is 2. The predicted octanol–water partition coefficient (Wildman–Crippen LogP) is 5.83. The number of aryl methyl sites for hydroxylation is 1. The number of amides is 3. The number of carbonyl (C=O) groups is 3. The third-order valence-electron chi connectivity index (χ3n) is 5.15. The van der Waals surface area contributed by atoms with E-state index in [2.05, 4.69) is 26.1 Å². The molecule has 0 aliphatic rings. The Morgan fingerprint density at radius 3 is 2.50 bits per heavy atom. The van der Waals surface area contributed by atoms with Crippen molar-refractivity contribution < 1.29 is 14.4 Å². The molecule has 2 heterocycles. The van der Waals surface area contributed by atoms with Crippen molar-refractivity contribution in [2.45, 2.75) is 30.4 Å². The lowest BCUT2D eigenvalue weighted by Crippen LogP contribution is -2.30. The molecule has 3 amide bonds. The Balaban J connectivity index is 1.46. The lowest BCUT2D eigenvalue weighted by molar-refractivity contribution is -0.116. The second-order valence-corrected chi connectivity index (χ2v) is 11.4. The zero-order valence-corrected chi connectivity index (χ0v) is 23.1. The largest absolute Gasteiger partial charge is 0.321 e. The molecule has 194 valence electrons. The highest BCUT2D eigenvalue weighted by molar-refractivity contribution is 8.00. The van der Waals surface area contributed by atoms with Gasteiger partial charge in [0.1, 0.15) is 10.7 Å². The third kappa shape index (κ3) is 7.60. The third-order valence-corrected chi connectivity index (χ3v) is 8.08. The molecule has 1 atom stereocenters. The highest BCUT2D eigenvalue weighted by Gasteiger charge is 2.20. The Kier molecular flexibility index (Phi) is 9.41. The van der Waals surface area contributed by atoms with Crippen LogP contribution >= 0.6 is 34.4 Å². The van der Waals surface area contributed by atoms with Crippen molar-refractivity contribution in [3.63, 3.8) is 0 Å². The van der Waals surface area contributed by atoms with E-state index >= 15 is 0 Å². The van der Waals surface area contributed by atoms with Gasteiger partial charge in [0, 0.05) is 21.0 Å². The van der Waals surface area contributed by atoms with Crippen LogP contribution in [0.25, 0.3) is 6.08 Å². The van der Waals surface area contributed by atoms with Gasteiger partial charge in [-0.3, -0.25) is 19.7 Å². The minimum atomic E-state index is -0.457. The smallest absolute Gasteiger partial charge is 0.272 e. The van der Waals surface area contributed by atoms with Gasteiger partial charge in [0.25, 0.3) is 11.8 Å². The van der Waals surface area contributed by atoms with Crippen LogP contribution in [0.4, 0.5) is 10.8 Å². The van der Waals surface area contributed by atoms with Gasteiger partial charge >= 0.3 is 0 Å². The number of aromatic nitrogens is 2. The summed E-state index contributed by atoms with van der Waals surface area (Å²) in [6, 6.07) is 19.7. The fraction of sp³-hybridized carbons (Fsp3) is 0.148. The zero-order valence-electron chi connectivity index (χ0n) is 20.6. The van der Waals surface area contributed by atoms with Gasteiger partial charge < -0.3 is 10.6 Å². The maximum absolute atomic E-state index is 13.2. The fourth-order valence-electron chi connectivity index (χ4n) is 3.32. The van der Waals surface area contributed by atoms with Gasteiger partial charge in [-0.05, 0) is 61.2 Å². The number of anilines is 2. The van der Waals surface area contributed by atoms with Crippen LogP contribution < -0.4 is 16.0 Å². The van der Waals surface area contributed by atoms with Gasteiger partial charge in [-0.1, -0.05) is 48.6 Å². The second kappa shape index (κ2) is 13.1. The molecule has 0 aliphatic carbocycles. The van der Waals surface area contributed by atoms with E-state index in [1.807, 2.05) is 49.6 Å². The van der Waals surface area contributed by atoms with Crippen LogP contribution in [0, 0.1) is 6.92 Å². The fourth-order valence-corrected chi connectivity index (χ4v) is 5.59. The van der Waals surface area contributed by atoms with E-state index in [-0.39, 0.29) is 22.8 Å². The molecule has 4 rings (SSSR count). The number of hydrogen-bond acceptors (Lipinski definition) is 8. The van der Waals surface area contributed by atoms with Crippen molar-refractivity contribution in [1.82, 2.24) is 15.5 Å². The first-order valence-corrected chi connectivity index (χ1v) is 14.3. The first-order valence-electron chi connectivity index (χ1n) is 11.7. The van der Waals surface area contributed by atoms with E-state index < -0.39 is 5.91 Å². The first kappa shape index (κ1) is 27.2. The van der Waals surface area contributed by atoms with E-state index in [9.17, 15) is 14.4 Å². The van der Waals surface area contributed by atoms with Gasteiger partial charge in [0.2, 0.25) is 11.0 Å². The molecule has 0 bridgehead atoms. The molecule has 4 aromatic rings. The Morgan fingerprint density at radius 2 is 1.82 bits per heavy atom. The van der Waals surface area contributed by atoms with Gasteiger partial charge in [0.05, 0.1) is 5.25 Å². The number of rotatable bonds is 10. The molecule has 0 spiro atoms. The van der Waals surface area contributed by atoms with Crippen LogP contribution in [-0.4, -0.2) is 33.2 Å². The Bertz CT molecular complexity index is 1440. The maximum Gasteiger partial charge on any atom is 0.272 e. The predicted molar refractivity (Wildman–Crippen MR) is 154 cm³/mol. The minimum absolute atomic E-state index is 0.123. The van der Waals surface area contributed by atoms with Crippen LogP contribution in [0.1, 0.15) is 33.6 Å². The van der Waals surface area contributed by atoms with Crippen molar-refractivity contribution >= 4 is 69.1 Å². The summed E-state index contributed by atoms with van der Waals surface area (Å²) < 4.78 is 0. The summed E-state index contributed by atoms with van der Waals surface area (Å²) in [7, 11) is 0. The van der Waals surface area contributed by atoms with Crippen molar-refractivity contribution in [2.75, 3.05) is 10.6 Å². The lowest BCUT2D eigenvalue weighted by Gasteiger charge is -2.15. The SMILES string of the molecule is CCC(Sc1cccc(NC(=O)/C(=C/c2cccs2)NC(=O)c2ccccc2)c1)C(=O)Nc1nnc(C)s1. The summed E-state index contributed by atoms with van der Waals surface area (Å²) in [5.41, 5.74) is 1.11. The molecule has 1 unspecified atom stereocenters. The normalized spacial score (nSPS) is 12.0.